The summed E-state index contributed by atoms with van der Waals surface area (Å²) in [5, 5.41) is 0.929. The van der Waals surface area contributed by atoms with E-state index in [9.17, 15) is 4.79 Å². The van der Waals surface area contributed by atoms with Gasteiger partial charge in [0, 0.05) is 18.0 Å². The SMILES string of the molecule is NC(=O)c1cc2ccc(OCCCN3CCCC3)nc2s1. The zero-order chi connectivity index (χ0) is 14.7. The van der Waals surface area contributed by atoms with Gasteiger partial charge in [-0.15, -0.1) is 11.3 Å². The number of primary amides is 1. The fourth-order valence-electron chi connectivity index (χ4n) is 2.57. The average molecular weight is 305 g/mol. The molecule has 0 saturated carbocycles. The highest BCUT2D eigenvalue weighted by molar-refractivity contribution is 7.20. The van der Waals surface area contributed by atoms with Crippen molar-refractivity contribution in [1.82, 2.24) is 9.88 Å². The van der Waals surface area contributed by atoms with Gasteiger partial charge in [-0.05, 0) is 44.5 Å². The molecule has 1 amide bonds. The Hall–Kier alpha value is -1.66. The van der Waals surface area contributed by atoms with E-state index < -0.39 is 5.91 Å². The highest BCUT2D eigenvalue weighted by atomic mass is 32.1. The molecule has 0 radical (unpaired) electrons. The van der Waals surface area contributed by atoms with Crippen LogP contribution in [0.5, 0.6) is 5.88 Å². The number of rotatable bonds is 6. The Kier molecular flexibility index (Phi) is 4.36. The Balaban J connectivity index is 1.55. The van der Waals surface area contributed by atoms with Gasteiger partial charge in [-0.25, -0.2) is 4.98 Å². The van der Waals surface area contributed by atoms with E-state index in [0.717, 1.165) is 23.2 Å². The minimum absolute atomic E-state index is 0.411. The first-order valence-electron chi connectivity index (χ1n) is 7.28. The summed E-state index contributed by atoms with van der Waals surface area (Å²) in [6.45, 7) is 4.20. The van der Waals surface area contributed by atoms with Crippen LogP contribution < -0.4 is 10.5 Å². The van der Waals surface area contributed by atoms with Gasteiger partial charge in [0.2, 0.25) is 5.88 Å². The zero-order valence-corrected chi connectivity index (χ0v) is 12.7. The van der Waals surface area contributed by atoms with Crippen LogP contribution in [0.15, 0.2) is 18.2 Å². The van der Waals surface area contributed by atoms with E-state index in [2.05, 4.69) is 9.88 Å². The molecule has 2 aromatic heterocycles. The van der Waals surface area contributed by atoms with Crippen molar-refractivity contribution in [2.45, 2.75) is 19.3 Å². The molecule has 112 valence electrons. The summed E-state index contributed by atoms with van der Waals surface area (Å²) in [5.74, 6) is 0.202. The third-order valence-electron chi connectivity index (χ3n) is 3.67. The molecule has 2 aromatic rings. The number of amides is 1. The molecule has 5 nitrogen and oxygen atoms in total. The van der Waals surface area contributed by atoms with Crippen LogP contribution >= 0.6 is 11.3 Å². The van der Waals surface area contributed by atoms with Crippen LogP contribution in [0.25, 0.3) is 10.2 Å². The summed E-state index contributed by atoms with van der Waals surface area (Å²) in [7, 11) is 0. The maximum atomic E-state index is 11.2. The average Bonchev–Trinajstić information content (AvgIpc) is 3.12. The molecule has 1 aliphatic rings. The van der Waals surface area contributed by atoms with Crippen molar-refractivity contribution in [3.8, 4) is 5.88 Å². The van der Waals surface area contributed by atoms with Crippen LogP contribution in [0.2, 0.25) is 0 Å². The van der Waals surface area contributed by atoms with Crippen LogP contribution in [0.4, 0.5) is 0 Å². The number of carbonyl (C=O) groups is 1. The second kappa shape index (κ2) is 6.41. The fourth-order valence-corrected chi connectivity index (χ4v) is 3.45. The lowest BCUT2D eigenvalue weighted by molar-refractivity contribution is 0.100. The number of nitrogens with two attached hydrogens (primary N) is 1. The number of ether oxygens (including phenoxy) is 1. The monoisotopic (exact) mass is 305 g/mol. The third kappa shape index (κ3) is 3.51. The van der Waals surface area contributed by atoms with Gasteiger partial charge in [-0.2, -0.15) is 0 Å². The quantitative estimate of drug-likeness (QED) is 0.831. The molecule has 0 bridgehead atoms. The number of carbonyl (C=O) groups excluding carboxylic acids is 1. The Bertz CT molecular complexity index is 635. The predicted molar refractivity (Wildman–Crippen MR) is 83.9 cm³/mol. The van der Waals surface area contributed by atoms with Crippen molar-refractivity contribution >= 4 is 27.5 Å². The highest BCUT2D eigenvalue weighted by Crippen LogP contribution is 2.25. The predicted octanol–water partition coefficient (Wildman–Crippen LogP) is 2.26. The molecule has 1 fully saturated rings. The first-order valence-corrected chi connectivity index (χ1v) is 8.09. The van der Waals surface area contributed by atoms with Gasteiger partial charge in [-0.3, -0.25) is 4.79 Å². The summed E-state index contributed by atoms with van der Waals surface area (Å²) < 4.78 is 5.70. The molecule has 3 heterocycles. The summed E-state index contributed by atoms with van der Waals surface area (Å²) in [4.78, 5) is 19.4. The van der Waals surface area contributed by atoms with Crippen LogP contribution in [0.3, 0.4) is 0 Å². The van der Waals surface area contributed by atoms with Crippen molar-refractivity contribution < 1.29 is 9.53 Å². The molecule has 0 atom stereocenters. The van der Waals surface area contributed by atoms with Gasteiger partial charge in [-0.1, -0.05) is 0 Å². The third-order valence-corrected chi connectivity index (χ3v) is 4.73. The van der Waals surface area contributed by atoms with Gasteiger partial charge in [0.25, 0.3) is 5.91 Å². The highest BCUT2D eigenvalue weighted by Gasteiger charge is 2.11. The summed E-state index contributed by atoms with van der Waals surface area (Å²) in [6, 6.07) is 5.53. The topological polar surface area (TPSA) is 68.5 Å². The molecular weight excluding hydrogens is 286 g/mol. The van der Waals surface area contributed by atoms with E-state index in [-0.39, 0.29) is 0 Å². The first-order chi connectivity index (χ1) is 10.2. The van der Waals surface area contributed by atoms with Crippen molar-refractivity contribution in [3.63, 3.8) is 0 Å². The molecule has 0 spiro atoms. The Morgan fingerprint density at radius 2 is 2.19 bits per heavy atom. The van der Waals surface area contributed by atoms with Crippen LogP contribution in [-0.2, 0) is 0 Å². The Morgan fingerprint density at radius 3 is 2.95 bits per heavy atom. The number of likely N-dealkylation sites (tertiary alicyclic amines) is 1. The summed E-state index contributed by atoms with van der Waals surface area (Å²) in [6.07, 6.45) is 3.65. The van der Waals surface area contributed by atoms with Crippen LogP contribution in [0.1, 0.15) is 28.9 Å². The summed E-state index contributed by atoms with van der Waals surface area (Å²) in [5.41, 5.74) is 5.28. The molecule has 0 aromatic carbocycles. The molecular formula is C15H19N3O2S. The molecule has 3 rings (SSSR count). The smallest absolute Gasteiger partial charge is 0.258 e. The van der Waals surface area contributed by atoms with E-state index in [1.165, 1.54) is 37.3 Å². The second-order valence-corrected chi connectivity index (χ2v) is 6.30. The lowest BCUT2D eigenvalue weighted by Gasteiger charge is -2.14. The van der Waals surface area contributed by atoms with E-state index in [0.29, 0.717) is 17.4 Å². The summed E-state index contributed by atoms with van der Waals surface area (Å²) >= 11 is 1.31. The Labute approximate surface area is 127 Å². The zero-order valence-electron chi connectivity index (χ0n) is 11.9. The van der Waals surface area contributed by atoms with Crippen LogP contribution in [0, 0.1) is 0 Å². The van der Waals surface area contributed by atoms with Crippen molar-refractivity contribution in [1.29, 1.82) is 0 Å². The molecule has 2 N–H and O–H groups in total. The molecule has 1 saturated heterocycles. The molecule has 21 heavy (non-hydrogen) atoms. The van der Waals surface area contributed by atoms with Crippen molar-refractivity contribution in [3.05, 3.63) is 23.1 Å². The number of fused-ring (bicyclic) bond motifs is 1. The lowest BCUT2D eigenvalue weighted by Crippen LogP contribution is -2.21. The Morgan fingerprint density at radius 1 is 1.38 bits per heavy atom. The van der Waals surface area contributed by atoms with Gasteiger partial charge < -0.3 is 15.4 Å². The largest absolute Gasteiger partial charge is 0.478 e. The van der Waals surface area contributed by atoms with E-state index in [1.807, 2.05) is 12.1 Å². The minimum Gasteiger partial charge on any atom is -0.478 e. The van der Waals surface area contributed by atoms with Gasteiger partial charge >= 0.3 is 0 Å². The molecule has 0 aliphatic carbocycles. The number of nitrogens with zero attached hydrogens (tertiary/aromatic N) is 2. The fraction of sp³-hybridized carbons (Fsp3) is 0.467. The standard InChI is InChI=1S/C15H19N3O2S/c16-14(19)12-10-11-4-5-13(17-15(11)21-12)20-9-3-8-18-6-1-2-7-18/h4-5,10H,1-3,6-9H2,(H2,16,19). The van der Waals surface area contributed by atoms with Gasteiger partial charge in [0.15, 0.2) is 0 Å². The number of pyridine rings is 1. The van der Waals surface area contributed by atoms with Crippen molar-refractivity contribution in [2.24, 2.45) is 5.73 Å². The van der Waals surface area contributed by atoms with Crippen molar-refractivity contribution in [2.75, 3.05) is 26.2 Å². The first kappa shape index (κ1) is 14.3. The maximum Gasteiger partial charge on any atom is 0.258 e. The van der Waals surface area contributed by atoms with Crippen LogP contribution in [-0.4, -0.2) is 42.0 Å². The molecule has 6 heteroatoms. The van der Waals surface area contributed by atoms with Gasteiger partial charge in [0.05, 0.1) is 11.5 Å². The van der Waals surface area contributed by atoms with E-state index in [1.54, 1.807) is 6.07 Å². The van der Waals surface area contributed by atoms with E-state index >= 15 is 0 Å². The van der Waals surface area contributed by atoms with Gasteiger partial charge in [0.1, 0.15) is 4.83 Å². The number of hydrogen-bond acceptors (Lipinski definition) is 5. The number of thiophene rings is 1. The maximum absolute atomic E-state index is 11.2. The minimum atomic E-state index is -0.411. The lowest BCUT2D eigenvalue weighted by atomic mass is 10.3. The number of hydrogen-bond donors (Lipinski definition) is 1. The molecule has 0 unspecified atom stereocenters. The second-order valence-electron chi connectivity index (χ2n) is 5.27. The van der Waals surface area contributed by atoms with E-state index in [4.69, 9.17) is 10.5 Å². The number of aromatic nitrogens is 1. The molecule has 1 aliphatic heterocycles. The normalized spacial score (nSPS) is 15.6.